The Morgan fingerprint density at radius 2 is 1.95 bits per heavy atom. The van der Waals surface area contributed by atoms with E-state index in [0.29, 0.717) is 5.89 Å². The van der Waals surface area contributed by atoms with Crippen LogP contribution in [0, 0.1) is 0 Å². The Morgan fingerprint density at radius 1 is 1.25 bits per heavy atom. The second kappa shape index (κ2) is 5.24. The smallest absolute Gasteiger partial charge is 0.339 e. The summed E-state index contributed by atoms with van der Waals surface area (Å²) in [6, 6.07) is 3.95. The van der Waals surface area contributed by atoms with E-state index < -0.39 is 17.8 Å². The lowest BCUT2D eigenvalue weighted by Gasteiger charge is -2.11. The lowest BCUT2D eigenvalue weighted by Crippen LogP contribution is -2.15. The molecule has 2 rings (SSSR count). The number of benzene rings is 1. The second-order valence-electron chi connectivity index (χ2n) is 4.75. The van der Waals surface area contributed by atoms with E-state index in [1.165, 1.54) is 12.1 Å². The van der Waals surface area contributed by atoms with E-state index in [2.05, 4.69) is 10.1 Å². The minimum atomic E-state index is -4.41. The van der Waals surface area contributed by atoms with Crippen LogP contribution < -0.4 is 5.73 Å². The van der Waals surface area contributed by atoms with Crippen molar-refractivity contribution in [2.24, 2.45) is 5.73 Å². The third kappa shape index (κ3) is 2.98. The highest BCUT2D eigenvalue weighted by Gasteiger charge is 2.31. The van der Waals surface area contributed by atoms with Crippen molar-refractivity contribution in [3.63, 3.8) is 0 Å². The van der Waals surface area contributed by atoms with Gasteiger partial charge in [0.25, 0.3) is 0 Å². The van der Waals surface area contributed by atoms with Crippen LogP contribution >= 0.6 is 0 Å². The maximum Gasteiger partial charge on any atom is 0.416 e. The second-order valence-corrected chi connectivity index (χ2v) is 4.75. The van der Waals surface area contributed by atoms with Crippen LogP contribution in [0.3, 0.4) is 0 Å². The summed E-state index contributed by atoms with van der Waals surface area (Å²) in [6.45, 7) is 3.74. The zero-order valence-electron chi connectivity index (χ0n) is 11.0. The SMILES string of the molecule is CC(C)c1nc(C(N)c2cccc(C(F)(F)F)c2)no1. The van der Waals surface area contributed by atoms with Gasteiger partial charge in [-0.3, -0.25) is 0 Å². The van der Waals surface area contributed by atoms with Crippen molar-refractivity contribution in [1.29, 1.82) is 0 Å². The monoisotopic (exact) mass is 285 g/mol. The summed E-state index contributed by atoms with van der Waals surface area (Å²) in [5.41, 5.74) is 5.43. The van der Waals surface area contributed by atoms with Crippen LogP contribution in [0.15, 0.2) is 28.8 Å². The van der Waals surface area contributed by atoms with Gasteiger partial charge in [-0.1, -0.05) is 31.1 Å². The number of halogens is 3. The fourth-order valence-electron chi connectivity index (χ4n) is 1.67. The molecule has 0 amide bonds. The topological polar surface area (TPSA) is 64.9 Å². The van der Waals surface area contributed by atoms with Gasteiger partial charge in [0.15, 0.2) is 5.82 Å². The zero-order chi connectivity index (χ0) is 14.9. The van der Waals surface area contributed by atoms with Gasteiger partial charge >= 0.3 is 6.18 Å². The molecule has 0 saturated carbocycles. The number of hydrogen-bond acceptors (Lipinski definition) is 4. The van der Waals surface area contributed by atoms with E-state index in [0.717, 1.165) is 12.1 Å². The lowest BCUT2D eigenvalue weighted by atomic mass is 10.0. The maximum absolute atomic E-state index is 12.7. The first kappa shape index (κ1) is 14.5. The Labute approximate surface area is 113 Å². The van der Waals surface area contributed by atoms with Gasteiger partial charge in [0.05, 0.1) is 11.6 Å². The molecule has 1 heterocycles. The molecule has 0 radical (unpaired) electrons. The van der Waals surface area contributed by atoms with Gasteiger partial charge in [-0.2, -0.15) is 18.2 Å². The van der Waals surface area contributed by atoms with Gasteiger partial charge in [0.2, 0.25) is 5.89 Å². The Bertz CT molecular complexity index is 593. The molecule has 4 nitrogen and oxygen atoms in total. The molecular formula is C13H14F3N3O. The molecule has 20 heavy (non-hydrogen) atoms. The first-order chi connectivity index (χ1) is 9.29. The summed E-state index contributed by atoms with van der Waals surface area (Å²) >= 11 is 0. The Hall–Kier alpha value is -1.89. The highest BCUT2D eigenvalue weighted by atomic mass is 19.4. The van der Waals surface area contributed by atoms with E-state index in [-0.39, 0.29) is 17.3 Å². The Balaban J connectivity index is 2.30. The first-order valence-electron chi connectivity index (χ1n) is 6.05. The fraction of sp³-hybridized carbons (Fsp3) is 0.385. The quantitative estimate of drug-likeness (QED) is 0.940. The molecule has 0 aliphatic heterocycles. The minimum absolute atomic E-state index is 0.0324. The number of rotatable bonds is 3. The number of aromatic nitrogens is 2. The van der Waals surface area contributed by atoms with Crippen LogP contribution in [-0.2, 0) is 6.18 Å². The van der Waals surface area contributed by atoms with Gasteiger partial charge in [-0.15, -0.1) is 0 Å². The van der Waals surface area contributed by atoms with Gasteiger partial charge < -0.3 is 10.3 Å². The first-order valence-corrected chi connectivity index (χ1v) is 6.05. The van der Waals surface area contributed by atoms with E-state index in [1.54, 1.807) is 0 Å². The van der Waals surface area contributed by atoms with Crippen molar-refractivity contribution >= 4 is 0 Å². The molecule has 2 N–H and O–H groups in total. The fourth-order valence-corrected chi connectivity index (χ4v) is 1.67. The van der Waals surface area contributed by atoms with Gasteiger partial charge in [0, 0.05) is 5.92 Å². The largest absolute Gasteiger partial charge is 0.416 e. The van der Waals surface area contributed by atoms with E-state index in [9.17, 15) is 13.2 Å². The molecule has 1 unspecified atom stereocenters. The highest BCUT2D eigenvalue weighted by Crippen LogP contribution is 2.31. The lowest BCUT2D eigenvalue weighted by molar-refractivity contribution is -0.137. The standard InChI is InChI=1S/C13H14F3N3O/c1-7(2)12-18-11(19-20-12)10(17)8-4-3-5-9(6-8)13(14,15)16/h3-7,10H,17H2,1-2H3. The summed E-state index contributed by atoms with van der Waals surface area (Å²) in [5.74, 6) is 0.611. The molecule has 108 valence electrons. The van der Waals surface area contributed by atoms with Crippen LogP contribution in [0.5, 0.6) is 0 Å². The van der Waals surface area contributed by atoms with Crippen LogP contribution in [-0.4, -0.2) is 10.1 Å². The molecule has 0 saturated heterocycles. The van der Waals surface area contributed by atoms with Crippen molar-refractivity contribution in [2.45, 2.75) is 32.0 Å². The van der Waals surface area contributed by atoms with Gasteiger partial charge in [-0.25, -0.2) is 0 Å². The Morgan fingerprint density at radius 3 is 2.50 bits per heavy atom. The number of alkyl halides is 3. The van der Waals surface area contributed by atoms with Crippen molar-refractivity contribution in [3.8, 4) is 0 Å². The summed E-state index contributed by atoms with van der Waals surface area (Å²) in [4.78, 5) is 4.09. The van der Waals surface area contributed by atoms with Gasteiger partial charge in [-0.05, 0) is 17.7 Å². The summed E-state index contributed by atoms with van der Waals surface area (Å²) < 4.78 is 43.0. The number of hydrogen-bond donors (Lipinski definition) is 1. The molecule has 1 atom stereocenters. The van der Waals surface area contributed by atoms with Crippen LogP contribution in [0.4, 0.5) is 13.2 Å². The third-order valence-electron chi connectivity index (χ3n) is 2.80. The van der Waals surface area contributed by atoms with Gasteiger partial charge in [0.1, 0.15) is 0 Å². The molecule has 0 spiro atoms. The number of nitrogens with zero attached hydrogens (tertiary/aromatic N) is 2. The van der Waals surface area contributed by atoms with Crippen molar-refractivity contribution in [1.82, 2.24) is 10.1 Å². The predicted molar refractivity (Wildman–Crippen MR) is 65.9 cm³/mol. The maximum atomic E-state index is 12.7. The van der Waals surface area contributed by atoms with Crippen LogP contribution in [0.1, 0.15) is 48.6 Å². The predicted octanol–water partition coefficient (Wildman–Crippen LogP) is 3.26. The molecule has 1 aromatic heterocycles. The third-order valence-corrected chi connectivity index (χ3v) is 2.80. The zero-order valence-corrected chi connectivity index (χ0v) is 11.0. The summed E-state index contributed by atoms with van der Waals surface area (Å²) in [5, 5.41) is 3.71. The molecular weight excluding hydrogens is 271 g/mol. The number of nitrogens with two attached hydrogens (primary N) is 1. The van der Waals surface area contributed by atoms with Crippen molar-refractivity contribution in [2.75, 3.05) is 0 Å². The van der Waals surface area contributed by atoms with Crippen molar-refractivity contribution in [3.05, 3.63) is 47.1 Å². The van der Waals surface area contributed by atoms with E-state index in [4.69, 9.17) is 10.3 Å². The van der Waals surface area contributed by atoms with Crippen LogP contribution in [0.25, 0.3) is 0 Å². The molecule has 7 heteroatoms. The minimum Gasteiger partial charge on any atom is -0.339 e. The average molecular weight is 285 g/mol. The molecule has 0 bridgehead atoms. The van der Waals surface area contributed by atoms with E-state index in [1.807, 2.05) is 13.8 Å². The normalized spacial score (nSPS) is 13.8. The highest BCUT2D eigenvalue weighted by molar-refractivity contribution is 5.30. The molecule has 1 aromatic carbocycles. The molecule has 0 fully saturated rings. The molecule has 0 aliphatic carbocycles. The van der Waals surface area contributed by atoms with Crippen LogP contribution in [0.2, 0.25) is 0 Å². The average Bonchev–Trinajstić information content (AvgIpc) is 2.87. The van der Waals surface area contributed by atoms with E-state index >= 15 is 0 Å². The Kier molecular flexibility index (Phi) is 3.80. The molecule has 0 aliphatic rings. The summed E-state index contributed by atoms with van der Waals surface area (Å²) in [7, 11) is 0. The van der Waals surface area contributed by atoms with Crippen molar-refractivity contribution < 1.29 is 17.7 Å². The molecule has 2 aromatic rings. The summed E-state index contributed by atoms with van der Waals surface area (Å²) in [6.07, 6.45) is -4.41.